The van der Waals surface area contributed by atoms with Gasteiger partial charge in [-0.25, -0.2) is 4.39 Å². The van der Waals surface area contributed by atoms with Crippen molar-refractivity contribution in [3.63, 3.8) is 0 Å². The van der Waals surface area contributed by atoms with E-state index in [1.807, 2.05) is 0 Å². The van der Waals surface area contributed by atoms with Crippen LogP contribution in [0.5, 0.6) is 0 Å². The number of nitrogens with zero attached hydrogens (tertiary/aromatic N) is 1. The van der Waals surface area contributed by atoms with Crippen molar-refractivity contribution < 1.29 is 17.5 Å². The largest absolute Gasteiger partial charge is 0.384 e. The SMILES string of the molecule is N=C(N)c1cc(F)ccc1NS(=O)(=O)N1CCOCC1. The zero-order valence-electron chi connectivity index (χ0n) is 10.6. The molecule has 2 rings (SSSR count). The number of nitrogens with one attached hydrogen (secondary N) is 2. The second kappa shape index (κ2) is 5.73. The summed E-state index contributed by atoms with van der Waals surface area (Å²) in [5.41, 5.74) is 5.41. The molecule has 7 nitrogen and oxygen atoms in total. The predicted molar refractivity (Wildman–Crippen MR) is 72.4 cm³/mol. The maximum absolute atomic E-state index is 13.1. The van der Waals surface area contributed by atoms with Crippen molar-refractivity contribution in [3.8, 4) is 0 Å². The predicted octanol–water partition coefficient (Wildman–Crippen LogP) is 0.0987. The molecular weight excluding hydrogens is 287 g/mol. The number of nitrogens with two attached hydrogens (primary N) is 1. The zero-order valence-corrected chi connectivity index (χ0v) is 11.4. The van der Waals surface area contributed by atoms with Gasteiger partial charge in [-0.3, -0.25) is 10.1 Å². The van der Waals surface area contributed by atoms with Gasteiger partial charge in [-0.1, -0.05) is 0 Å². The van der Waals surface area contributed by atoms with Crippen LogP contribution in [-0.4, -0.2) is 44.9 Å². The van der Waals surface area contributed by atoms with Gasteiger partial charge >= 0.3 is 10.2 Å². The van der Waals surface area contributed by atoms with Gasteiger partial charge < -0.3 is 10.5 Å². The highest BCUT2D eigenvalue weighted by atomic mass is 32.2. The van der Waals surface area contributed by atoms with Crippen molar-refractivity contribution in [1.82, 2.24) is 4.31 Å². The average molecular weight is 302 g/mol. The number of amidine groups is 1. The van der Waals surface area contributed by atoms with Crippen LogP contribution in [0, 0.1) is 11.2 Å². The molecule has 110 valence electrons. The minimum Gasteiger partial charge on any atom is -0.384 e. The van der Waals surface area contributed by atoms with Crippen molar-refractivity contribution in [3.05, 3.63) is 29.6 Å². The summed E-state index contributed by atoms with van der Waals surface area (Å²) in [6.07, 6.45) is 0. The molecule has 1 aliphatic heterocycles. The summed E-state index contributed by atoms with van der Waals surface area (Å²) in [7, 11) is -3.78. The van der Waals surface area contributed by atoms with Gasteiger partial charge in [0.2, 0.25) is 0 Å². The second-order valence-electron chi connectivity index (χ2n) is 4.22. The third-order valence-corrected chi connectivity index (χ3v) is 4.34. The van der Waals surface area contributed by atoms with Crippen LogP contribution in [0.15, 0.2) is 18.2 Å². The van der Waals surface area contributed by atoms with Gasteiger partial charge in [-0.15, -0.1) is 0 Å². The van der Waals surface area contributed by atoms with Gasteiger partial charge in [0.1, 0.15) is 11.7 Å². The fraction of sp³-hybridized carbons (Fsp3) is 0.364. The molecule has 1 aromatic carbocycles. The van der Waals surface area contributed by atoms with Gasteiger partial charge in [-0.05, 0) is 18.2 Å². The Bertz CT molecular complexity index is 614. The second-order valence-corrected chi connectivity index (χ2v) is 5.89. The van der Waals surface area contributed by atoms with Crippen LogP contribution in [-0.2, 0) is 14.9 Å². The topological polar surface area (TPSA) is 109 Å². The van der Waals surface area contributed by atoms with E-state index in [1.54, 1.807) is 0 Å². The molecule has 0 spiro atoms. The van der Waals surface area contributed by atoms with E-state index in [9.17, 15) is 12.8 Å². The number of hydrogen-bond acceptors (Lipinski definition) is 4. The normalized spacial score (nSPS) is 16.9. The van der Waals surface area contributed by atoms with E-state index in [4.69, 9.17) is 15.9 Å². The standard InChI is InChI=1S/C11H15FN4O3S/c12-8-1-2-10(9(7-8)11(13)14)15-20(17,18)16-3-5-19-6-4-16/h1-2,7,15H,3-6H2,(H3,13,14). The maximum Gasteiger partial charge on any atom is 0.301 e. The molecule has 1 saturated heterocycles. The Hall–Kier alpha value is -1.71. The van der Waals surface area contributed by atoms with Gasteiger partial charge in [0.05, 0.1) is 18.9 Å². The molecule has 4 N–H and O–H groups in total. The smallest absolute Gasteiger partial charge is 0.301 e. The molecule has 9 heteroatoms. The van der Waals surface area contributed by atoms with E-state index in [0.29, 0.717) is 13.2 Å². The molecule has 0 saturated carbocycles. The molecule has 0 bridgehead atoms. The summed E-state index contributed by atoms with van der Waals surface area (Å²) in [6, 6.07) is 3.35. The number of benzene rings is 1. The lowest BCUT2D eigenvalue weighted by molar-refractivity contribution is 0.0733. The van der Waals surface area contributed by atoms with Gasteiger partial charge in [-0.2, -0.15) is 12.7 Å². The maximum atomic E-state index is 13.1. The molecule has 0 aromatic heterocycles. The number of hydrogen-bond donors (Lipinski definition) is 3. The Morgan fingerprint density at radius 1 is 1.40 bits per heavy atom. The third kappa shape index (κ3) is 3.24. The first-order valence-electron chi connectivity index (χ1n) is 5.90. The summed E-state index contributed by atoms with van der Waals surface area (Å²) < 4.78 is 46.1. The summed E-state index contributed by atoms with van der Waals surface area (Å²) in [4.78, 5) is 0. The van der Waals surface area contributed by atoms with E-state index in [-0.39, 0.29) is 24.3 Å². The number of nitrogen functional groups attached to an aromatic ring is 1. The number of anilines is 1. The number of ether oxygens (including phenoxy) is 1. The van der Waals surface area contributed by atoms with E-state index in [1.165, 1.54) is 10.4 Å². The summed E-state index contributed by atoms with van der Waals surface area (Å²) >= 11 is 0. The van der Waals surface area contributed by atoms with Gasteiger partial charge in [0.25, 0.3) is 0 Å². The lowest BCUT2D eigenvalue weighted by Gasteiger charge is -2.26. The Morgan fingerprint density at radius 3 is 2.65 bits per heavy atom. The van der Waals surface area contributed by atoms with Crippen molar-refractivity contribution in [2.75, 3.05) is 31.0 Å². The molecule has 1 aliphatic rings. The molecule has 0 unspecified atom stereocenters. The average Bonchev–Trinajstić information content (AvgIpc) is 2.41. The minimum atomic E-state index is -3.78. The highest BCUT2D eigenvalue weighted by Gasteiger charge is 2.25. The van der Waals surface area contributed by atoms with Crippen LogP contribution < -0.4 is 10.5 Å². The van der Waals surface area contributed by atoms with Crippen LogP contribution in [0.4, 0.5) is 10.1 Å². The molecular formula is C11H15FN4O3S. The third-order valence-electron chi connectivity index (χ3n) is 2.82. The fourth-order valence-corrected chi connectivity index (χ4v) is 3.03. The first-order valence-corrected chi connectivity index (χ1v) is 7.34. The Kier molecular flexibility index (Phi) is 4.21. The number of halogens is 1. The van der Waals surface area contributed by atoms with Crippen LogP contribution in [0.2, 0.25) is 0 Å². The molecule has 1 heterocycles. The van der Waals surface area contributed by atoms with E-state index in [2.05, 4.69) is 4.72 Å². The van der Waals surface area contributed by atoms with E-state index in [0.717, 1.165) is 12.1 Å². The summed E-state index contributed by atoms with van der Waals surface area (Å²) in [5.74, 6) is -1.01. The van der Waals surface area contributed by atoms with Gasteiger partial charge in [0.15, 0.2) is 0 Å². The van der Waals surface area contributed by atoms with Crippen molar-refractivity contribution in [1.29, 1.82) is 5.41 Å². The quantitative estimate of drug-likeness (QED) is 0.541. The monoisotopic (exact) mass is 302 g/mol. The number of rotatable bonds is 4. The van der Waals surface area contributed by atoms with Gasteiger partial charge in [0, 0.05) is 18.7 Å². The van der Waals surface area contributed by atoms with Crippen molar-refractivity contribution >= 4 is 21.7 Å². The Morgan fingerprint density at radius 2 is 2.05 bits per heavy atom. The molecule has 0 amide bonds. The summed E-state index contributed by atoms with van der Waals surface area (Å²) in [6.45, 7) is 1.13. The van der Waals surface area contributed by atoms with Crippen molar-refractivity contribution in [2.45, 2.75) is 0 Å². The van der Waals surface area contributed by atoms with Crippen LogP contribution in [0.25, 0.3) is 0 Å². The molecule has 0 radical (unpaired) electrons. The zero-order chi connectivity index (χ0) is 14.8. The van der Waals surface area contributed by atoms with Crippen LogP contribution >= 0.6 is 0 Å². The Balaban J connectivity index is 2.27. The highest BCUT2D eigenvalue weighted by molar-refractivity contribution is 7.90. The minimum absolute atomic E-state index is 0.00170. The van der Waals surface area contributed by atoms with Crippen LogP contribution in [0.3, 0.4) is 0 Å². The summed E-state index contributed by atoms with van der Waals surface area (Å²) in [5, 5.41) is 7.37. The Labute approximate surface area is 116 Å². The molecule has 0 aliphatic carbocycles. The first kappa shape index (κ1) is 14.7. The van der Waals surface area contributed by atoms with E-state index < -0.39 is 21.9 Å². The lowest BCUT2D eigenvalue weighted by atomic mass is 10.1. The van der Waals surface area contributed by atoms with Crippen molar-refractivity contribution in [2.24, 2.45) is 5.73 Å². The fourth-order valence-electron chi connectivity index (χ4n) is 1.82. The van der Waals surface area contributed by atoms with Crippen LogP contribution in [0.1, 0.15) is 5.56 Å². The molecule has 20 heavy (non-hydrogen) atoms. The van der Waals surface area contributed by atoms with E-state index >= 15 is 0 Å². The molecule has 0 atom stereocenters. The highest BCUT2D eigenvalue weighted by Crippen LogP contribution is 2.19. The molecule has 1 fully saturated rings. The lowest BCUT2D eigenvalue weighted by Crippen LogP contribution is -2.43. The number of morpholine rings is 1. The molecule has 1 aromatic rings. The first-order chi connectivity index (χ1) is 9.40.